The van der Waals surface area contributed by atoms with Crippen LogP contribution in [0, 0.1) is 0 Å². The third kappa shape index (κ3) is 5.46. The van der Waals surface area contributed by atoms with Crippen LogP contribution in [0.15, 0.2) is 33.9 Å². The van der Waals surface area contributed by atoms with Crippen LogP contribution in [0.25, 0.3) is 0 Å². The SMILES string of the molecule is CN(C)/C=N\NC(=O)c1cc(COc2cc(Cl)cc(Cl)c2)on1. The molecule has 23 heavy (non-hydrogen) atoms. The Bertz CT molecular complexity index is 696. The smallest absolute Gasteiger partial charge is 0.293 e. The quantitative estimate of drug-likeness (QED) is 0.489. The lowest BCUT2D eigenvalue weighted by Crippen LogP contribution is -2.20. The van der Waals surface area contributed by atoms with Crippen LogP contribution in [0.5, 0.6) is 5.75 Å². The maximum absolute atomic E-state index is 11.8. The number of nitrogens with one attached hydrogen (secondary N) is 1. The first-order valence-corrected chi connectivity index (χ1v) is 7.24. The predicted octanol–water partition coefficient (Wildman–Crippen LogP) is 2.80. The zero-order chi connectivity index (χ0) is 16.8. The van der Waals surface area contributed by atoms with Gasteiger partial charge >= 0.3 is 0 Å². The average molecular weight is 357 g/mol. The molecule has 1 heterocycles. The molecule has 2 aromatic rings. The first kappa shape index (κ1) is 17.1. The summed E-state index contributed by atoms with van der Waals surface area (Å²) < 4.78 is 10.5. The predicted molar refractivity (Wildman–Crippen MR) is 86.9 cm³/mol. The minimum atomic E-state index is -0.483. The van der Waals surface area contributed by atoms with E-state index in [1.807, 2.05) is 0 Å². The second kappa shape index (κ2) is 7.85. The van der Waals surface area contributed by atoms with Gasteiger partial charge in [-0.3, -0.25) is 4.79 Å². The maximum atomic E-state index is 11.8. The Kier molecular flexibility index (Phi) is 5.84. The lowest BCUT2D eigenvalue weighted by Gasteiger charge is -2.04. The van der Waals surface area contributed by atoms with E-state index in [1.165, 1.54) is 12.4 Å². The summed E-state index contributed by atoms with van der Waals surface area (Å²) in [6.07, 6.45) is 1.45. The minimum Gasteiger partial charge on any atom is -0.485 e. The van der Waals surface area contributed by atoms with E-state index in [-0.39, 0.29) is 12.3 Å². The number of benzene rings is 1. The number of carbonyl (C=O) groups is 1. The van der Waals surface area contributed by atoms with Gasteiger partial charge in [0.1, 0.15) is 18.7 Å². The average Bonchev–Trinajstić information content (AvgIpc) is 2.92. The Labute approximate surface area is 142 Å². The molecule has 0 saturated heterocycles. The number of aromatic nitrogens is 1. The Hall–Kier alpha value is -2.25. The minimum absolute atomic E-state index is 0.0813. The third-order valence-electron chi connectivity index (χ3n) is 2.46. The van der Waals surface area contributed by atoms with Gasteiger partial charge in [-0.05, 0) is 18.2 Å². The van der Waals surface area contributed by atoms with Gasteiger partial charge in [-0.25, -0.2) is 5.43 Å². The van der Waals surface area contributed by atoms with Crippen molar-refractivity contribution in [2.75, 3.05) is 14.1 Å². The normalized spacial score (nSPS) is 10.8. The van der Waals surface area contributed by atoms with Gasteiger partial charge in [0.05, 0.1) is 0 Å². The third-order valence-corrected chi connectivity index (χ3v) is 2.90. The molecule has 122 valence electrons. The topological polar surface area (TPSA) is 80.0 Å². The summed E-state index contributed by atoms with van der Waals surface area (Å²) in [6.45, 7) is 0.0813. The Morgan fingerprint density at radius 3 is 2.70 bits per heavy atom. The molecule has 2 rings (SSSR count). The van der Waals surface area contributed by atoms with Crippen LogP contribution >= 0.6 is 23.2 Å². The van der Waals surface area contributed by atoms with Crippen LogP contribution < -0.4 is 10.2 Å². The van der Waals surface area contributed by atoms with Crippen molar-refractivity contribution in [3.05, 3.63) is 45.8 Å². The molecule has 0 radical (unpaired) electrons. The van der Waals surface area contributed by atoms with Crippen molar-refractivity contribution in [1.29, 1.82) is 0 Å². The monoisotopic (exact) mass is 356 g/mol. The molecule has 9 heteroatoms. The van der Waals surface area contributed by atoms with Gasteiger partial charge in [0.25, 0.3) is 5.91 Å². The van der Waals surface area contributed by atoms with Crippen LogP contribution in [-0.2, 0) is 6.61 Å². The van der Waals surface area contributed by atoms with Crippen molar-refractivity contribution < 1.29 is 14.1 Å². The number of amides is 1. The van der Waals surface area contributed by atoms with Gasteiger partial charge in [-0.1, -0.05) is 28.4 Å². The van der Waals surface area contributed by atoms with Crippen molar-refractivity contribution in [3.8, 4) is 5.75 Å². The lowest BCUT2D eigenvalue weighted by atomic mass is 10.3. The van der Waals surface area contributed by atoms with Crippen LogP contribution in [0.1, 0.15) is 16.2 Å². The summed E-state index contributed by atoms with van der Waals surface area (Å²) >= 11 is 11.8. The molecule has 0 aliphatic rings. The molecule has 0 unspecified atom stereocenters. The second-order valence-corrected chi connectivity index (χ2v) is 5.59. The zero-order valence-electron chi connectivity index (χ0n) is 12.4. The lowest BCUT2D eigenvalue weighted by molar-refractivity contribution is 0.0945. The largest absolute Gasteiger partial charge is 0.485 e. The van der Waals surface area contributed by atoms with E-state index in [9.17, 15) is 4.79 Å². The van der Waals surface area contributed by atoms with Crippen LogP contribution in [-0.4, -0.2) is 36.4 Å². The highest BCUT2D eigenvalue weighted by Gasteiger charge is 2.12. The number of halogens is 2. The van der Waals surface area contributed by atoms with E-state index in [1.54, 1.807) is 37.2 Å². The van der Waals surface area contributed by atoms with Crippen molar-refractivity contribution in [1.82, 2.24) is 15.5 Å². The van der Waals surface area contributed by atoms with Crippen LogP contribution in [0.3, 0.4) is 0 Å². The molecule has 0 aliphatic heterocycles. The number of nitrogens with zero attached hydrogens (tertiary/aromatic N) is 3. The van der Waals surface area contributed by atoms with E-state index in [0.29, 0.717) is 21.6 Å². The summed E-state index contributed by atoms with van der Waals surface area (Å²) in [7, 11) is 3.56. The first-order valence-electron chi connectivity index (χ1n) is 6.48. The summed E-state index contributed by atoms with van der Waals surface area (Å²) in [6, 6.07) is 6.30. The summed E-state index contributed by atoms with van der Waals surface area (Å²) in [5, 5.41) is 8.31. The number of rotatable bonds is 6. The molecular formula is C14H14Cl2N4O3. The molecule has 0 spiro atoms. The molecule has 0 atom stereocenters. The molecule has 0 bridgehead atoms. The van der Waals surface area contributed by atoms with Gasteiger partial charge in [-0.15, -0.1) is 0 Å². The van der Waals surface area contributed by atoms with Gasteiger partial charge in [0.15, 0.2) is 11.5 Å². The second-order valence-electron chi connectivity index (χ2n) is 4.72. The number of ether oxygens (including phenoxy) is 1. The summed E-state index contributed by atoms with van der Waals surface area (Å²) in [5.74, 6) is 0.382. The van der Waals surface area contributed by atoms with Crippen molar-refractivity contribution in [3.63, 3.8) is 0 Å². The molecule has 0 aliphatic carbocycles. The fourth-order valence-electron chi connectivity index (χ4n) is 1.51. The van der Waals surface area contributed by atoms with Gasteiger partial charge < -0.3 is 14.2 Å². The Morgan fingerprint density at radius 1 is 1.35 bits per heavy atom. The highest BCUT2D eigenvalue weighted by atomic mass is 35.5. The number of carbonyl (C=O) groups excluding carboxylic acids is 1. The highest BCUT2D eigenvalue weighted by Crippen LogP contribution is 2.24. The molecule has 0 fully saturated rings. The molecule has 1 aromatic heterocycles. The fourth-order valence-corrected chi connectivity index (χ4v) is 2.02. The number of hydrazone groups is 1. The Morgan fingerprint density at radius 2 is 2.04 bits per heavy atom. The molecule has 0 saturated carbocycles. The van der Waals surface area contributed by atoms with Crippen molar-refractivity contribution in [2.45, 2.75) is 6.61 Å². The summed E-state index contributed by atoms with van der Waals surface area (Å²) in [4.78, 5) is 13.4. The highest BCUT2D eigenvalue weighted by molar-refractivity contribution is 6.34. The van der Waals surface area contributed by atoms with Gasteiger partial charge in [0, 0.05) is 30.2 Å². The van der Waals surface area contributed by atoms with Crippen molar-refractivity contribution in [2.24, 2.45) is 5.10 Å². The standard InChI is InChI=1S/C14H14Cl2N4O3/c1-20(2)8-17-18-14(21)13-6-12(23-19-13)7-22-11-4-9(15)3-10(16)5-11/h3-6,8H,7H2,1-2H3,(H,18,21)/b17-8-. The van der Waals surface area contributed by atoms with E-state index in [0.717, 1.165) is 0 Å². The van der Waals surface area contributed by atoms with Crippen molar-refractivity contribution >= 4 is 35.4 Å². The molecule has 1 aromatic carbocycles. The molecule has 1 N–H and O–H groups in total. The first-order chi connectivity index (χ1) is 10.9. The number of hydrogen-bond acceptors (Lipinski definition) is 5. The van der Waals surface area contributed by atoms with E-state index in [4.69, 9.17) is 32.5 Å². The molecule has 7 nitrogen and oxygen atoms in total. The van der Waals surface area contributed by atoms with Gasteiger partial charge in [0.2, 0.25) is 0 Å². The zero-order valence-corrected chi connectivity index (χ0v) is 13.9. The van der Waals surface area contributed by atoms with E-state index in [2.05, 4.69) is 15.7 Å². The molecule has 1 amide bonds. The van der Waals surface area contributed by atoms with Crippen LogP contribution in [0.2, 0.25) is 10.0 Å². The summed E-state index contributed by atoms with van der Waals surface area (Å²) in [5.41, 5.74) is 2.42. The van der Waals surface area contributed by atoms with Crippen LogP contribution in [0.4, 0.5) is 0 Å². The molecular weight excluding hydrogens is 343 g/mol. The Balaban J connectivity index is 1.93. The number of hydrogen-bond donors (Lipinski definition) is 1. The van der Waals surface area contributed by atoms with Gasteiger partial charge in [-0.2, -0.15) is 5.10 Å². The van der Waals surface area contributed by atoms with E-state index >= 15 is 0 Å². The van der Waals surface area contributed by atoms with E-state index < -0.39 is 5.91 Å². The fraction of sp³-hybridized carbons (Fsp3) is 0.214. The maximum Gasteiger partial charge on any atom is 0.293 e.